The molecule has 1 atom stereocenters. The number of nitrogens with zero attached hydrogens (tertiary/aromatic N) is 1. The lowest BCUT2D eigenvalue weighted by Crippen LogP contribution is -2.29. The Kier molecular flexibility index (Phi) is 6.19. The van der Waals surface area contributed by atoms with Crippen molar-refractivity contribution in [3.63, 3.8) is 0 Å². The number of ether oxygens (including phenoxy) is 1. The molecule has 3 N–H and O–H groups in total. The van der Waals surface area contributed by atoms with E-state index in [0.29, 0.717) is 0 Å². The van der Waals surface area contributed by atoms with Crippen molar-refractivity contribution < 1.29 is 4.74 Å². The Morgan fingerprint density at radius 2 is 1.86 bits per heavy atom. The predicted octanol–water partition coefficient (Wildman–Crippen LogP) is 3.01. The number of hydrogen-bond donors (Lipinski definition) is 2. The second kappa shape index (κ2) is 8.39. The largest absolute Gasteiger partial charge is 0.494 e. The average Bonchev–Trinajstić information content (AvgIpc) is 2.55. The summed E-state index contributed by atoms with van der Waals surface area (Å²) >= 11 is 0. The Bertz CT molecular complexity index is 513. The molecule has 4 nitrogen and oxygen atoms in total. The molecule has 0 spiro atoms. The van der Waals surface area contributed by atoms with E-state index < -0.39 is 0 Å². The van der Waals surface area contributed by atoms with Gasteiger partial charge in [-0.1, -0.05) is 25.5 Å². The molecule has 4 heteroatoms. The van der Waals surface area contributed by atoms with Gasteiger partial charge in [0.2, 0.25) is 0 Å². The van der Waals surface area contributed by atoms with E-state index >= 15 is 0 Å². The van der Waals surface area contributed by atoms with E-state index in [1.54, 1.807) is 12.4 Å². The van der Waals surface area contributed by atoms with Crippen molar-refractivity contribution in [2.45, 2.75) is 32.2 Å². The first kappa shape index (κ1) is 15.5. The van der Waals surface area contributed by atoms with Gasteiger partial charge < -0.3 is 4.74 Å². The van der Waals surface area contributed by atoms with Gasteiger partial charge >= 0.3 is 0 Å². The lowest BCUT2D eigenvalue weighted by Gasteiger charge is -2.17. The minimum atomic E-state index is 0.0806. The van der Waals surface area contributed by atoms with E-state index in [0.717, 1.165) is 37.2 Å². The molecular weight excluding hydrogens is 262 g/mol. The van der Waals surface area contributed by atoms with Crippen LogP contribution in [0.3, 0.4) is 0 Å². The standard InChI is InChI=1S/C17H23N3O/c1-2-3-12-21-16-6-4-15(5-7-16)17(20-18)13-14-8-10-19-11-9-14/h4-11,17,20H,2-3,12-13,18H2,1H3. The Balaban J connectivity index is 1.98. The average molecular weight is 285 g/mol. The topological polar surface area (TPSA) is 60.2 Å². The van der Waals surface area contributed by atoms with E-state index in [4.69, 9.17) is 10.6 Å². The van der Waals surface area contributed by atoms with Gasteiger partial charge in [-0.3, -0.25) is 16.3 Å². The maximum atomic E-state index is 5.69. The quantitative estimate of drug-likeness (QED) is 0.445. The highest BCUT2D eigenvalue weighted by molar-refractivity contribution is 5.30. The second-order valence-corrected chi connectivity index (χ2v) is 5.05. The number of unbranched alkanes of at least 4 members (excludes halogenated alkanes) is 1. The number of nitrogens with two attached hydrogens (primary N) is 1. The van der Waals surface area contributed by atoms with Crippen molar-refractivity contribution >= 4 is 0 Å². The first-order valence-electron chi connectivity index (χ1n) is 7.41. The number of hydrazine groups is 1. The highest BCUT2D eigenvalue weighted by atomic mass is 16.5. The van der Waals surface area contributed by atoms with E-state index in [1.807, 2.05) is 24.3 Å². The van der Waals surface area contributed by atoms with Crippen LogP contribution in [0.1, 0.15) is 36.9 Å². The molecule has 0 fully saturated rings. The summed E-state index contributed by atoms with van der Waals surface area (Å²) in [4.78, 5) is 4.03. The highest BCUT2D eigenvalue weighted by Gasteiger charge is 2.10. The fourth-order valence-corrected chi connectivity index (χ4v) is 2.16. The van der Waals surface area contributed by atoms with E-state index in [2.05, 4.69) is 29.5 Å². The third-order valence-electron chi connectivity index (χ3n) is 3.44. The van der Waals surface area contributed by atoms with Crippen LogP contribution in [0.2, 0.25) is 0 Å². The molecule has 0 saturated carbocycles. The van der Waals surface area contributed by atoms with Crippen LogP contribution in [-0.2, 0) is 6.42 Å². The summed E-state index contributed by atoms with van der Waals surface area (Å²) in [6.07, 6.45) is 6.65. The Morgan fingerprint density at radius 1 is 1.14 bits per heavy atom. The van der Waals surface area contributed by atoms with Gasteiger partial charge in [0.1, 0.15) is 5.75 Å². The van der Waals surface area contributed by atoms with E-state index in [9.17, 15) is 0 Å². The Hall–Kier alpha value is -1.91. The second-order valence-electron chi connectivity index (χ2n) is 5.05. The van der Waals surface area contributed by atoms with Crippen LogP contribution in [0.5, 0.6) is 5.75 Å². The molecule has 0 saturated heterocycles. The molecule has 0 amide bonds. The third-order valence-corrected chi connectivity index (χ3v) is 3.44. The number of rotatable bonds is 8. The lowest BCUT2D eigenvalue weighted by molar-refractivity contribution is 0.309. The third kappa shape index (κ3) is 4.85. The predicted molar refractivity (Wildman–Crippen MR) is 84.9 cm³/mol. The summed E-state index contributed by atoms with van der Waals surface area (Å²) in [5, 5.41) is 0. The Morgan fingerprint density at radius 3 is 2.48 bits per heavy atom. The zero-order valence-electron chi connectivity index (χ0n) is 12.5. The molecule has 1 unspecified atom stereocenters. The van der Waals surface area contributed by atoms with Gasteiger partial charge in [-0.2, -0.15) is 0 Å². The molecule has 0 aliphatic carbocycles. The van der Waals surface area contributed by atoms with Crippen LogP contribution < -0.4 is 16.0 Å². The SMILES string of the molecule is CCCCOc1ccc(C(Cc2ccncc2)NN)cc1. The van der Waals surface area contributed by atoms with Crippen LogP contribution >= 0.6 is 0 Å². The fourth-order valence-electron chi connectivity index (χ4n) is 2.16. The van der Waals surface area contributed by atoms with Crippen molar-refractivity contribution in [3.8, 4) is 5.75 Å². The molecule has 0 bridgehead atoms. The number of pyridine rings is 1. The molecule has 1 heterocycles. The van der Waals surface area contributed by atoms with E-state index in [-0.39, 0.29) is 6.04 Å². The molecule has 1 aromatic carbocycles. The van der Waals surface area contributed by atoms with E-state index in [1.165, 1.54) is 5.56 Å². The summed E-state index contributed by atoms with van der Waals surface area (Å²) < 4.78 is 5.67. The molecule has 112 valence electrons. The molecule has 2 rings (SSSR count). The van der Waals surface area contributed by atoms with Crippen molar-refractivity contribution in [2.75, 3.05) is 6.61 Å². The van der Waals surface area contributed by atoms with Crippen LogP contribution in [0, 0.1) is 0 Å². The van der Waals surface area contributed by atoms with Gasteiger partial charge in [-0.05, 0) is 48.2 Å². The van der Waals surface area contributed by atoms with Crippen molar-refractivity contribution in [3.05, 3.63) is 59.9 Å². The number of benzene rings is 1. The monoisotopic (exact) mass is 285 g/mol. The fraction of sp³-hybridized carbons (Fsp3) is 0.353. The number of hydrogen-bond acceptors (Lipinski definition) is 4. The van der Waals surface area contributed by atoms with Crippen LogP contribution in [-0.4, -0.2) is 11.6 Å². The maximum absolute atomic E-state index is 5.69. The number of nitrogens with one attached hydrogen (secondary N) is 1. The number of aromatic nitrogens is 1. The molecule has 0 aliphatic rings. The molecular formula is C17H23N3O. The van der Waals surface area contributed by atoms with Gasteiger partial charge in [0.15, 0.2) is 0 Å². The summed E-state index contributed by atoms with van der Waals surface area (Å²) in [5.41, 5.74) is 5.23. The van der Waals surface area contributed by atoms with Gasteiger partial charge in [-0.15, -0.1) is 0 Å². The lowest BCUT2D eigenvalue weighted by atomic mass is 10.00. The summed E-state index contributed by atoms with van der Waals surface area (Å²) in [6.45, 7) is 2.93. The van der Waals surface area contributed by atoms with Crippen LogP contribution in [0.15, 0.2) is 48.8 Å². The maximum Gasteiger partial charge on any atom is 0.119 e. The van der Waals surface area contributed by atoms with Crippen molar-refractivity contribution in [1.82, 2.24) is 10.4 Å². The zero-order valence-corrected chi connectivity index (χ0v) is 12.5. The summed E-state index contributed by atoms with van der Waals surface area (Å²) in [6, 6.07) is 12.2. The van der Waals surface area contributed by atoms with Gasteiger partial charge in [0, 0.05) is 18.4 Å². The normalized spacial score (nSPS) is 12.1. The minimum Gasteiger partial charge on any atom is -0.494 e. The first-order valence-corrected chi connectivity index (χ1v) is 7.41. The van der Waals surface area contributed by atoms with Gasteiger partial charge in [0.05, 0.1) is 6.61 Å². The highest BCUT2D eigenvalue weighted by Crippen LogP contribution is 2.20. The molecule has 1 aromatic heterocycles. The molecule has 0 aliphatic heterocycles. The van der Waals surface area contributed by atoms with Crippen LogP contribution in [0.25, 0.3) is 0 Å². The van der Waals surface area contributed by atoms with Crippen molar-refractivity contribution in [2.24, 2.45) is 5.84 Å². The molecule has 21 heavy (non-hydrogen) atoms. The van der Waals surface area contributed by atoms with Crippen LogP contribution in [0.4, 0.5) is 0 Å². The van der Waals surface area contributed by atoms with Gasteiger partial charge in [-0.25, -0.2) is 0 Å². The molecule has 0 radical (unpaired) electrons. The smallest absolute Gasteiger partial charge is 0.119 e. The van der Waals surface area contributed by atoms with Crippen molar-refractivity contribution in [1.29, 1.82) is 0 Å². The minimum absolute atomic E-state index is 0.0806. The zero-order chi connectivity index (χ0) is 14.9. The molecule has 2 aromatic rings. The first-order chi connectivity index (χ1) is 10.3. The summed E-state index contributed by atoms with van der Waals surface area (Å²) in [7, 11) is 0. The summed E-state index contributed by atoms with van der Waals surface area (Å²) in [5.74, 6) is 6.60. The van der Waals surface area contributed by atoms with Gasteiger partial charge in [0.25, 0.3) is 0 Å². The Labute approximate surface area is 126 Å².